The molecule has 0 fully saturated rings. The maximum atomic E-state index is 12.3. The first-order chi connectivity index (χ1) is 8.51. The molecule has 96 valence electrons. The number of hydrogen-bond donors (Lipinski definition) is 2. The topological polar surface area (TPSA) is 82.2 Å². The van der Waals surface area contributed by atoms with E-state index in [0.29, 0.717) is 17.7 Å². The van der Waals surface area contributed by atoms with E-state index in [9.17, 15) is 4.79 Å². The van der Waals surface area contributed by atoms with E-state index in [1.165, 1.54) is 0 Å². The Hall–Kier alpha value is -2.06. The normalized spacial score (nSPS) is 11.5. The summed E-state index contributed by atoms with van der Waals surface area (Å²) < 4.78 is 0. The standard InChI is InChI=1S/C13H18N4O/c1-9-4-5-11(12(8-9)16-15)13(18)17(3)10(2)6-7-14/h4-5,8,10,16H,6,15H2,1-3H3. The SMILES string of the molecule is Cc1ccc(C(=O)N(C)C(C)CC#N)c(NN)c1. The molecule has 18 heavy (non-hydrogen) atoms. The fraction of sp³-hybridized carbons (Fsp3) is 0.385. The second-order valence-electron chi connectivity index (χ2n) is 4.32. The lowest BCUT2D eigenvalue weighted by Crippen LogP contribution is -2.35. The number of nitrogens with zero attached hydrogens (tertiary/aromatic N) is 2. The number of anilines is 1. The fourth-order valence-corrected chi connectivity index (χ4v) is 1.62. The largest absolute Gasteiger partial charge is 0.338 e. The predicted octanol–water partition coefficient (Wildman–Crippen LogP) is 1.65. The zero-order valence-corrected chi connectivity index (χ0v) is 10.9. The third kappa shape index (κ3) is 2.99. The number of hydrazine groups is 1. The lowest BCUT2D eigenvalue weighted by atomic mass is 10.1. The number of rotatable bonds is 4. The first-order valence-corrected chi connectivity index (χ1v) is 5.72. The van der Waals surface area contributed by atoms with Gasteiger partial charge in [0, 0.05) is 13.1 Å². The minimum atomic E-state index is -0.147. The van der Waals surface area contributed by atoms with Crippen molar-refractivity contribution in [1.82, 2.24) is 4.90 Å². The van der Waals surface area contributed by atoms with E-state index in [0.717, 1.165) is 5.56 Å². The molecule has 1 unspecified atom stereocenters. The van der Waals surface area contributed by atoms with Crippen LogP contribution in [0.4, 0.5) is 5.69 Å². The summed E-state index contributed by atoms with van der Waals surface area (Å²) in [5, 5.41) is 8.65. The predicted molar refractivity (Wildman–Crippen MR) is 70.8 cm³/mol. The summed E-state index contributed by atoms with van der Waals surface area (Å²) in [6, 6.07) is 7.34. The van der Waals surface area contributed by atoms with Crippen LogP contribution in [0.2, 0.25) is 0 Å². The van der Waals surface area contributed by atoms with Crippen molar-refractivity contribution in [3.8, 4) is 6.07 Å². The van der Waals surface area contributed by atoms with Gasteiger partial charge >= 0.3 is 0 Å². The average molecular weight is 246 g/mol. The Morgan fingerprint density at radius 1 is 1.61 bits per heavy atom. The van der Waals surface area contributed by atoms with E-state index >= 15 is 0 Å². The van der Waals surface area contributed by atoms with Crippen molar-refractivity contribution in [3.63, 3.8) is 0 Å². The van der Waals surface area contributed by atoms with E-state index in [4.69, 9.17) is 11.1 Å². The third-order valence-corrected chi connectivity index (χ3v) is 2.93. The summed E-state index contributed by atoms with van der Waals surface area (Å²) in [6.45, 7) is 3.77. The molecule has 0 aliphatic rings. The van der Waals surface area contributed by atoms with Crippen LogP contribution >= 0.6 is 0 Å². The van der Waals surface area contributed by atoms with Gasteiger partial charge in [0.15, 0.2) is 0 Å². The Balaban J connectivity index is 3.00. The summed E-state index contributed by atoms with van der Waals surface area (Å²) >= 11 is 0. The van der Waals surface area contributed by atoms with Crippen LogP contribution in [-0.2, 0) is 0 Å². The fourth-order valence-electron chi connectivity index (χ4n) is 1.62. The van der Waals surface area contributed by atoms with Crippen LogP contribution in [0, 0.1) is 18.3 Å². The number of amides is 1. The van der Waals surface area contributed by atoms with Crippen molar-refractivity contribution in [1.29, 1.82) is 5.26 Å². The molecule has 0 radical (unpaired) electrons. The van der Waals surface area contributed by atoms with Crippen molar-refractivity contribution in [3.05, 3.63) is 29.3 Å². The summed E-state index contributed by atoms with van der Waals surface area (Å²) in [4.78, 5) is 13.8. The van der Waals surface area contributed by atoms with E-state index in [1.54, 1.807) is 18.0 Å². The van der Waals surface area contributed by atoms with Crippen LogP contribution in [0.1, 0.15) is 29.3 Å². The van der Waals surface area contributed by atoms with Gasteiger partial charge in [-0.15, -0.1) is 0 Å². The Bertz CT molecular complexity index is 478. The zero-order chi connectivity index (χ0) is 13.7. The number of benzene rings is 1. The average Bonchev–Trinajstić information content (AvgIpc) is 2.37. The van der Waals surface area contributed by atoms with Crippen LogP contribution < -0.4 is 11.3 Å². The molecule has 0 aliphatic carbocycles. The van der Waals surface area contributed by atoms with Gasteiger partial charge in [-0.1, -0.05) is 6.07 Å². The smallest absolute Gasteiger partial charge is 0.256 e. The highest BCUT2D eigenvalue weighted by Crippen LogP contribution is 2.19. The molecule has 0 aromatic heterocycles. The van der Waals surface area contributed by atoms with Gasteiger partial charge < -0.3 is 10.3 Å². The van der Waals surface area contributed by atoms with Crippen molar-refractivity contribution in [2.45, 2.75) is 26.3 Å². The number of nitrogens with one attached hydrogen (secondary N) is 1. The lowest BCUT2D eigenvalue weighted by Gasteiger charge is -2.24. The molecule has 3 N–H and O–H groups in total. The first-order valence-electron chi connectivity index (χ1n) is 5.72. The zero-order valence-electron chi connectivity index (χ0n) is 10.9. The van der Waals surface area contributed by atoms with Gasteiger partial charge in [0.2, 0.25) is 0 Å². The Labute approximate surface area is 107 Å². The van der Waals surface area contributed by atoms with E-state index in [1.807, 2.05) is 26.0 Å². The Morgan fingerprint density at radius 3 is 2.83 bits per heavy atom. The Kier molecular flexibility index (Phi) is 4.69. The molecule has 0 aliphatic heterocycles. The lowest BCUT2D eigenvalue weighted by molar-refractivity contribution is 0.0747. The van der Waals surface area contributed by atoms with Gasteiger partial charge in [0.25, 0.3) is 5.91 Å². The number of carbonyl (C=O) groups excluding carboxylic acids is 1. The molecule has 0 heterocycles. The summed E-state index contributed by atoms with van der Waals surface area (Å²) in [6.07, 6.45) is 0.305. The van der Waals surface area contributed by atoms with Gasteiger partial charge in [-0.05, 0) is 31.5 Å². The summed E-state index contributed by atoms with van der Waals surface area (Å²) in [7, 11) is 1.69. The molecule has 5 nitrogen and oxygen atoms in total. The van der Waals surface area contributed by atoms with Gasteiger partial charge in [-0.2, -0.15) is 5.26 Å². The molecule has 1 aromatic carbocycles. The highest BCUT2D eigenvalue weighted by atomic mass is 16.2. The molecule has 0 bridgehead atoms. The van der Waals surface area contributed by atoms with Gasteiger partial charge in [0.1, 0.15) is 0 Å². The highest BCUT2D eigenvalue weighted by Gasteiger charge is 2.19. The van der Waals surface area contributed by atoms with Crippen molar-refractivity contribution < 1.29 is 4.79 Å². The molecule has 0 saturated carbocycles. The van der Waals surface area contributed by atoms with Crippen molar-refractivity contribution in [2.24, 2.45) is 5.84 Å². The number of nitrogens with two attached hydrogens (primary N) is 1. The van der Waals surface area contributed by atoms with Crippen molar-refractivity contribution in [2.75, 3.05) is 12.5 Å². The maximum Gasteiger partial charge on any atom is 0.256 e. The van der Waals surface area contributed by atoms with E-state index in [-0.39, 0.29) is 11.9 Å². The Morgan fingerprint density at radius 2 is 2.28 bits per heavy atom. The van der Waals surface area contributed by atoms with Crippen LogP contribution in [0.3, 0.4) is 0 Å². The van der Waals surface area contributed by atoms with Crippen LogP contribution in [0.15, 0.2) is 18.2 Å². The maximum absolute atomic E-state index is 12.3. The number of hydrogen-bond acceptors (Lipinski definition) is 4. The molecular weight excluding hydrogens is 228 g/mol. The van der Waals surface area contributed by atoms with Crippen molar-refractivity contribution >= 4 is 11.6 Å². The molecule has 1 amide bonds. The number of nitrogen functional groups attached to an aromatic ring is 1. The second-order valence-corrected chi connectivity index (χ2v) is 4.32. The summed E-state index contributed by atoms with van der Waals surface area (Å²) in [5.41, 5.74) is 4.65. The molecule has 1 aromatic rings. The molecular formula is C13H18N4O. The van der Waals surface area contributed by atoms with Crippen LogP contribution in [0.5, 0.6) is 0 Å². The van der Waals surface area contributed by atoms with E-state index < -0.39 is 0 Å². The molecule has 0 spiro atoms. The van der Waals surface area contributed by atoms with Crippen LogP contribution in [-0.4, -0.2) is 23.9 Å². The van der Waals surface area contributed by atoms with Gasteiger partial charge in [-0.3, -0.25) is 10.6 Å². The highest BCUT2D eigenvalue weighted by molar-refractivity contribution is 5.99. The molecule has 1 rings (SSSR count). The monoisotopic (exact) mass is 246 g/mol. The minimum absolute atomic E-state index is 0.130. The second kappa shape index (κ2) is 6.03. The van der Waals surface area contributed by atoms with Gasteiger partial charge in [-0.25, -0.2) is 0 Å². The number of nitriles is 1. The van der Waals surface area contributed by atoms with E-state index in [2.05, 4.69) is 11.5 Å². The van der Waals surface area contributed by atoms with Crippen LogP contribution in [0.25, 0.3) is 0 Å². The molecule has 5 heteroatoms. The first kappa shape index (κ1) is 14.0. The van der Waals surface area contributed by atoms with Gasteiger partial charge in [0.05, 0.1) is 23.7 Å². The molecule has 0 saturated heterocycles. The number of carbonyl (C=O) groups is 1. The summed E-state index contributed by atoms with van der Waals surface area (Å²) in [5.74, 6) is 5.27. The quantitative estimate of drug-likeness (QED) is 0.625. The number of aryl methyl sites for hydroxylation is 1. The minimum Gasteiger partial charge on any atom is -0.338 e. The third-order valence-electron chi connectivity index (χ3n) is 2.93. The molecule has 1 atom stereocenters.